The van der Waals surface area contributed by atoms with Gasteiger partial charge in [-0.25, -0.2) is 0 Å². The van der Waals surface area contributed by atoms with Gasteiger partial charge in [0.05, 0.1) is 0 Å². The molecule has 1 aliphatic carbocycles. The average Bonchev–Trinajstić information content (AvgIpc) is 2.90. The van der Waals surface area contributed by atoms with Crippen LogP contribution in [0.2, 0.25) is 25.1 Å². The van der Waals surface area contributed by atoms with Gasteiger partial charge in [-0.3, -0.25) is 0 Å². The summed E-state index contributed by atoms with van der Waals surface area (Å²) in [5.41, 5.74) is 0. The second-order valence-corrected chi connectivity index (χ2v) is 21.5. The van der Waals surface area contributed by atoms with Crippen molar-refractivity contribution in [1.29, 1.82) is 0 Å². The van der Waals surface area contributed by atoms with Crippen molar-refractivity contribution in [3.05, 3.63) is 31.2 Å². The topological polar surface area (TPSA) is 3.24 Å². The van der Waals surface area contributed by atoms with Gasteiger partial charge in [0.25, 0.3) is 0 Å². The van der Waals surface area contributed by atoms with Crippen LogP contribution in [0.1, 0.15) is 12.8 Å². The fraction of sp³-hybridized carbons (Fsp3) is 0.667. The van der Waals surface area contributed by atoms with E-state index in [-0.39, 0.29) is 0 Å². The predicted octanol–water partition coefficient (Wildman–Crippen LogP) is 4.70. The van der Waals surface area contributed by atoms with E-state index in [1.807, 2.05) is 0 Å². The Hall–Kier alpha value is 0.154. The predicted molar refractivity (Wildman–Crippen MR) is 76.5 cm³/mol. The van der Waals surface area contributed by atoms with Crippen molar-refractivity contribution < 1.29 is 15.3 Å². The van der Waals surface area contributed by atoms with Crippen molar-refractivity contribution in [3.8, 4) is 0 Å². The molecule has 2 aliphatic rings. The SMILES string of the molecule is [CH2]CN1CCCC1.[CH3][Ti]([CH3])([CH3])([CH3])[CH]1C=CC=C1. The van der Waals surface area contributed by atoms with Crippen LogP contribution in [0, 0.1) is 6.92 Å². The van der Waals surface area contributed by atoms with Crippen molar-refractivity contribution in [2.45, 2.75) is 38.0 Å². The van der Waals surface area contributed by atoms with Crippen LogP contribution in [0.25, 0.3) is 0 Å². The molecule has 1 aliphatic heterocycles. The van der Waals surface area contributed by atoms with E-state index < -0.39 is 15.3 Å². The summed E-state index contributed by atoms with van der Waals surface area (Å²) in [5.74, 6) is 0. The first-order chi connectivity index (χ1) is 7.80. The van der Waals surface area contributed by atoms with E-state index in [0.717, 1.165) is 10.8 Å². The molecule has 1 saturated heterocycles. The molecular formula is C15H29NTi. The van der Waals surface area contributed by atoms with E-state index in [9.17, 15) is 0 Å². The molecule has 2 rings (SSSR count). The molecule has 1 fully saturated rings. The zero-order valence-corrected chi connectivity index (χ0v) is 13.6. The third-order valence-electron chi connectivity index (χ3n) is 3.60. The third-order valence-corrected chi connectivity index (χ3v) is 8.36. The van der Waals surface area contributed by atoms with E-state index in [2.05, 4.69) is 57.0 Å². The number of nitrogens with zero attached hydrogens (tertiary/aromatic N) is 1. The average molecular weight is 271 g/mol. The molecule has 0 atom stereocenters. The molecule has 1 nitrogen and oxygen atoms in total. The standard InChI is InChI=1S/C6H12N.C5H5.4CH3.Ti/c1-2-7-5-3-4-6-7;1-2-4-5-3-1;;;;;/h1-6H2;1-5H;4*1H3;. The van der Waals surface area contributed by atoms with Gasteiger partial charge in [0.2, 0.25) is 0 Å². The molecule has 0 unspecified atom stereocenters. The number of likely N-dealkylation sites (tertiary alicyclic amines) is 1. The molecule has 0 amide bonds. The summed E-state index contributed by atoms with van der Waals surface area (Å²) in [7, 11) is 0. The van der Waals surface area contributed by atoms with Crippen LogP contribution < -0.4 is 0 Å². The van der Waals surface area contributed by atoms with Gasteiger partial charge in [-0.1, -0.05) is 0 Å². The van der Waals surface area contributed by atoms with E-state index in [4.69, 9.17) is 0 Å². The summed E-state index contributed by atoms with van der Waals surface area (Å²) in [6.07, 6.45) is 11.8. The summed E-state index contributed by atoms with van der Waals surface area (Å²) < 4.78 is 0.789. The number of rotatable bonds is 2. The first-order valence-electron chi connectivity index (χ1n) is 6.90. The second kappa shape index (κ2) is 5.86. The Bertz CT molecular complexity index is 269. The molecular weight excluding hydrogens is 242 g/mol. The normalized spacial score (nSPS) is 23.2. The van der Waals surface area contributed by atoms with Gasteiger partial charge in [0, 0.05) is 0 Å². The Balaban J connectivity index is 0.000000181. The van der Waals surface area contributed by atoms with Crippen molar-refractivity contribution in [3.63, 3.8) is 0 Å². The number of hydrogen-bond acceptors (Lipinski definition) is 1. The molecule has 0 saturated carbocycles. The van der Waals surface area contributed by atoms with Crippen LogP contribution in [0.5, 0.6) is 0 Å². The van der Waals surface area contributed by atoms with Crippen LogP contribution in [0.4, 0.5) is 0 Å². The first-order valence-corrected chi connectivity index (χ1v) is 14.1. The molecule has 0 bridgehead atoms. The number of hydrogen-bond donors (Lipinski definition) is 0. The van der Waals surface area contributed by atoms with Gasteiger partial charge >= 0.3 is 64.7 Å². The Morgan fingerprint density at radius 3 is 1.76 bits per heavy atom. The van der Waals surface area contributed by atoms with Gasteiger partial charge < -0.3 is 4.90 Å². The van der Waals surface area contributed by atoms with Crippen LogP contribution in [-0.2, 0) is 15.3 Å². The van der Waals surface area contributed by atoms with Crippen molar-refractivity contribution in [2.24, 2.45) is 0 Å². The zero-order valence-electron chi connectivity index (χ0n) is 12.1. The summed E-state index contributed by atoms with van der Waals surface area (Å²) in [6, 6.07) is 0. The minimum absolute atomic E-state index is 0.789. The molecule has 1 radical (unpaired) electrons. The Morgan fingerprint density at radius 1 is 1.06 bits per heavy atom. The van der Waals surface area contributed by atoms with Crippen LogP contribution >= 0.6 is 0 Å². The molecule has 0 N–H and O–H groups in total. The van der Waals surface area contributed by atoms with Gasteiger partial charge in [0.15, 0.2) is 0 Å². The summed E-state index contributed by atoms with van der Waals surface area (Å²) in [6.45, 7) is 7.36. The first kappa shape index (κ1) is 15.2. The molecule has 0 aromatic heterocycles. The minimum atomic E-state index is -1.99. The number of allylic oxidation sites excluding steroid dienone is 4. The zero-order chi connectivity index (χ0) is 13.0. The summed E-state index contributed by atoms with van der Waals surface area (Å²) in [4.78, 5) is 2.38. The fourth-order valence-electron chi connectivity index (χ4n) is 2.21. The maximum atomic E-state index is 3.79. The van der Waals surface area contributed by atoms with Crippen molar-refractivity contribution in [1.82, 2.24) is 4.90 Å². The molecule has 1 heterocycles. The monoisotopic (exact) mass is 271 g/mol. The molecule has 98 valence electrons. The third kappa shape index (κ3) is 5.55. The molecule has 17 heavy (non-hydrogen) atoms. The molecule has 0 aromatic carbocycles. The second-order valence-electron chi connectivity index (χ2n) is 7.50. The fourth-order valence-corrected chi connectivity index (χ4v) is 4.96. The molecule has 2 heteroatoms. The summed E-state index contributed by atoms with van der Waals surface area (Å²) in [5, 5.41) is 9.90. The Kier molecular flexibility index (Phi) is 5.25. The van der Waals surface area contributed by atoms with E-state index >= 15 is 0 Å². The quantitative estimate of drug-likeness (QED) is 0.658. The Morgan fingerprint density at radius 2 is 1.53 bits per heavy atom. The maximum absolute atomic E-state index is 3.79. The van der Waals surface area contributed by atoms with Crippen molar-refractivity contribution in [2.75, 3.05) is 19.6 Å². The Labute approximate surface area is 109 Å². The van der Waals surface area contributed by atoms with Crippen molar-refractivity contribution >= 4 is 0 Å². The molecule has 0 aromatic rings. The van der Waals surface area contributed by atoms with Gasteiger partial charge in [-0.2, -0.15) is 0 Å². The molecule has 0 spiro atoms. The van der Waals surface area contributed by atoms with Crippen LogP contribution in [0.15, 0.2) is 24.3 Å². The van der Waals surface area contributed by atoms with E-state index in [1.165, 1.54) is 25.9 Å². The summed E-state index contributed by atoms with van der Waals surface area (Å²) >= 11 is -1.99. The van der Waals surface area contributed by atoms with Crippen LogP contribution in [0.3, 0.4) is 0 Å². The van der Waals surface area contributed by atoms with Gasteiger partial charge in [-0.15, -0.1) is 0 Å². The van der Waals surface area contributed by atoms with E-state index in [1.54, 1.807) is 0 Å². The van der Waals surface area contributed by atoms with Gasteiger partial charge in [-0.05, 0) is 39.4 Å². The van der Waals surface area contributed by atoms with E-state index in [0.29, 0.717) is 0 Å². The van der Waals surface area contributed by atoms with Gasteiger partial charge in [0.1, 0.15) is 0 Å². The van der Waals surface area contributed by atoms with Crippen LogP contribution in [-0.4, -0.2) is 24.5 Å².